The molecule has 0 aliphatic rings. The van der Waals surface area contributed by atoms with E-state index < -0.39 is 0 Å². The zero-order valence-corrected chi connectivity index (χ0v) is 10.0. The molecular formula is C12H16N2O3. The van der Waals surface area contributed by atoms with E-state index in [1.807, 2.05) is 14.1 Å². The number of hydrogen-bond acceptors (Lipinski definition) is 4. The molecule has 1 N–H and O–H groups in total. The quantitative estimate of drug-likeness (QED) is 0.636. The fraction of sp³-hybridized carbons (Fsp3) is 0.417. The lowest BCUT2D eigenvalue weighted by Gasteiger charge is -2.08. The first-order valence-corrected chi connectivity index (χ1v) is 5.55. The summed E-state index contributed by atoms with van der Waals surface area (Å²) in [5, 5.41) is 0. The molecule has 0 unspecified atom stereocenters. The molecule has 17 heavy (non-hydrogen) atoms. The van der Waals surface area contributed by atoms with Crippen molar-refractivity contribution in [1.29, 1.82) is 0 Å². The molecule has 0 saturated heterocycles. The second-order valence-electron chi connectivity index (χ2n) is 4.17. The van der Waals surface area contributed by atoms with Crippen LogP contribution in [0.5, 0.6) is 0 Å². The highest BCUT2D eigenvalue weighted by atomic mass is 16.5. The van der Waals surface area contributed by atoms with Crippen LogP contribution in [0.15, 0.2) is 22.8 Å². The maximum Gasteiger partial charge on any atom is 0.354 e. The van der Waals surface area contributed by atoms with E-state index in [1.165, 1.54) is 0 Å². The average molecular weight is 236 g/mol. The van der Waals surface area contributed by atoms with Gasteiger partial charge in [0.25, 0.3) is 0 Å². The minimum Gasteiger partial charge on any atom is -0.463 e. The number of rotatable bonds is 5. The monoisotopic (exact) mass is 236 g/mol. The number of esters is 1. The van der Waals surface area contributed by atoms with E-state index in [0.29, 0.717) is 17.9 Å². The standard InChI is InChI=1S/C12H16N2O3/c1-14(2)5-3-6-17-12(15)10-8-11-9(13-10)4-7-16-11/h4,7-8,13H,3,5-6H2,1-2H3. The van der Waals surface area contributed by atoms with Crippen molar-refractivity contribution in [2.24, 2.45) is 0 Å². The van der Waals surface area contributed by atoms with E-state index in [0.717, 1.165) is 18.5 Å². The minimum atomic E-state index is -0.338. The number of ether oxygens (including phenoxy) is 1. The summed E-state index contributed by atoms with van der Waals surface area (Å²) >= 11 is 0. The summed E-state index contributed by atoms with van der Waals surface area (Å²) in [6, 6.07) is 3.43. The highest BCUT2D eigenvalue weighted by Crippen LogP contribution is 2.16. The van der Waals surface area contributed by atoms with Crippen LogP contribution in [-0.2, 0) is 4.74 Å². The van der Waals surface area contributed by atoms with Gasteiger partial charge in [0.1, 0.15) is 5.69 Å². The van der Waals surface area contributed by atoms with E-state index >= 15 is 0 Å². The number of aromatic nitrogens is 1. The Morgan fingerprint density at radius 3 is 3.06 bits per heavy atom. The maximum absolute atomic E-state index is 11.6. The predicted molar refractivity (Wildman–Crippen MR) is 64.0 cm³/mol. The molecule has 0 fully saturated rings. The number of hydrogen-bond donors (Lipinski definition) is 1. The molecule has 0 saturated carbocycles. The third kappa shape index (κ3) is 2.88. The van der Waals surface area contributed by atoms with Crippen molar-refractivity contribution in [3.8, 4) is 0 Å². The number of carbonyl (C=O) groups excluding carboxylic acids is 1. The van der Waals surface area contributed by atoms with Crippen molar-refractivity contribution >= 4 is 17.1 Å². The topological polar surface area (TPSA) is 58.5 Å². The first-order valence-electron chi connectivity index (χ1n) is 5.55. The molecule has 5 nitrogen and oxygen atoms in total. The lowest BCUT2D eigenvalue weighted by Crippen LogP contribution is -2.16. The SMILES string of the molecule is CN(C)CCCOC(=O)c1cc2occc2[nH]1. The summed E-state index contributed by atoms with van der Waals surface area (Å²) in [5.74, 6) is -0.338. The summed E-state index contributed by atoms with van der Waals surface area (Å²) in [6.07, 6.45) is 2.41. The van der Waals surface area contributed by atoms with E-state index in [9.17, 15) is 4.79 Å². The highest BCUT2D eigenvalue weighted by Gasteiger charge is 2.12. The van der Waals surface area contributed by atoms with Crippen molar-refractivity contribution in [3.63, 3.8) is 0 Å². The van der Waals surface area contributed by atoms with Gasteiger partial charge in [0, 0.05) is 18.7 Å². The predicted octanol–water partition coefficient (Wildman–Crippen LogP) is 1.87. The van der Waals surface area contributed by atoms with Crippen molar-refractivity contribution in [2.45, 2.75) is 6.42 Å². The number of nitrogens with one attached hydrogen (secondary N) is 1. The Labute approximate surface area is 99.3 Å². The van der Waals surface area contributed by atoms with Gasteiger partial charge in [-0.2, -0.15) is 0 Å². The second-order valence-corrected chi connectivity index (χ2v) is 4.17. The van der Waals surface area contributed by atoms with Crippen LogP contribution >= 0.6 is 0 Å². The Morgan fingerprint density at radius 1 is 1.53 bits per heavy atom. The van der Waals surface area contributed by atoms with Gasteiger partial charge < -0.3 is 19.0 Å². The largest absolute Gasteiger partial charge is 0.463 e. The fourth-order valence-electron chi connectivity index (χ4n) is 1.58. The van der Waals surface area contributed by atoms with Crippen LogP contribution in [-0.4, -0.2) is 43.1 Å². The number of nitrogens with zero attached hydrogens (tertiary/aromatic N) is 1. The summed E-state index contributed by atoms with van der Waals surface area (Å²) in [5.41, 5.74) is 1.92. The third-order valence-electron chi connectivity index (χ3n) is 2.44. The summed E-state index contributed by atoms with van der Waals surface area (Å²) in [6.45, 7) is 1.33. The third-order valence-corrected chi connectivity index (χ3v) is 2.44. The molecule has 2 rings (SSSR count). The minimum absolute atomic E-state index is 0.338. The van der Waals surface area contributed by atoms with Crippen molar-refractivity contribution < 1.29 is 13.9 Å². The van der Waals surface area contributed by atoms with Crippen LogP contribution in [0.2, 0.25) is 0 Å². The summed E-state index contributed by atoms with van der Waals surface area (Å²) in [4.78, 5) is 16.6. The van der Waals surface area contributed by atoms with Gasteiger partial charge in [-0.3, -0.25) is 0 Å². The fourth-order valence-corrected chi connectivity index (χ4v) is 1.58. The smallest absolute Gasteiger partial charge is 0.354 e. The molecule has 0 atom stereocenters. The van der Waals surface area contributed by atoms with Crippen LogP contribution in [0.4, 0.5) is 0 Å². The Bertz CT molecular complexity index is 470. The second kappa shape index (κ2) is 5.05. The van der Waals surface area contributed by atoms with E-state index in [2.05, 4.69) is 9.88 Å². The van der Waals surface area contributed by atoms with Gasteiger partial charge in [-0.05, 0) is 20.5 Å². The van der Waals surface area contributed by atoms with E-state index in [4.69, 9.17) is 9.15 Å². The van der Waals surface area contributed by atoms with Crippen molar-refractivity contribution in [2.75, 3.05) is 27.2 Å². The highest BCUT2D eigenvalue weighted by molar-refractivity contribution is 5.93. The van der Waals surface area contributed by atoms with Gasteiger partial charge in [-0.25, -0.2) is 4.79 Å². The molecule has 0 bridgehead atoms. The Kier molecular flexibility index (Phi) is 3.49. The van der Waals surface area contributed by atoms with Gasteiger partial charge in [-0.15, -0.1) is 0 Å². The first-order chi connectivity index (χ1) is 8.16. The molecule has 0 aliphatic heterocycles. The van der Waals surface area contributed by atoms with Crippen molar-refractivity contribution in [3.05, 3.63) is 24.1 Å². The molecular weight excluding hydrogens is 220 g/mol. The Balaban J connectivity index is 1.85. The Morgan fingerprint density at radius 2 is 2.35 bits per heavy atom. The Hall–Kier alpha value is -1.75. The molecule has 0 aliphatic carbocycles. The summed E-state index contributed by atoms with van der Waals surface area (Å²) in [7, 11) is 3.97. The molecule has 0 radical (unpaired) electrons. The molecule has 2 heterocycles. The number of aromatic amines is 1. The molecule has 0 aromatic carbocycles. The van der Waals surface area contributed by atoms with Crippen LogP contribution in [0.3, 0.4) is 0 Å². The van der Waals surface area contributed by atoms with Gasteiger partial charge >= 0.3 is 5.97 Å². The molecule has 5 heteroatoms. The van der Waals surface area contributed by atoms with Crippen LogP contribution < -0.4 is 0 Å². The number of fused-ring (bicyclic) bond motifs is 1. The van der Waals surface area contributed by atoms with Crippen molar-refractivity contribution in [1.82, 2.24) is 9.88 Å². The van der Waals surface area contributed by atoms with Crippen LogP contribution in [0.1, 0.15) is 16.9 Å². The zero-order chi connectivity index (χ0) is 12.3. The number of carbonyl (C=O) groups is 1. The van der Waals surface area contributed by atoms with Gasteiger partial charge in [-0.1, -0.05) is 0 Å². The lowest BCUT2D eigenvalue weighted by molar-refractivity contribution is 0.0487. The maximum atomic E-state index is 11.6. The van der Waals surface area contributed by atoms with Crippen LogP contribution in [0, 0.1) is 0 Å². The van der Waals surface area contributed by atoms with Crippen LogP contribution in [0.25, 0.3) is 11.1 Å². The normalized spacial score (nSPS) is 11.2. The number of furan rings is 1. The lowest BCUT2D eigenvalue weighted by atomic mass is 10.4. The molecule has 92 valence electrons. The molecule has 0 amide bonds. The van der Waals surface area contributed by atoms with Gasteiger partial charge in [0.05, 0.1) is 18.4 Å². The molecule has 2 aromatic heterocycles. The average Bonchev–Trinajstić information content (AvgIpc) is 2.83. The first kappa shape index (κ1) is 11.7. The van der Waals surface area contributed by atoms with E-state index in [-0.39, 0.29) is 5.97 Å². The van der Waals surface area contributed by atoms with E-state index in [1.54, 1.807) is 18.4 Å². The van der Waals surface area contributed by atoms with Gasteiger partial charge in [0.2, 0.25) is 0 Å². The summed E-state index contributed by atoms with van der Waals surface area (Å²) < 4.78 is 10.3. The molecule has 2 aromatic rings. The molecule has 0 spiro atoms. The van der Waals surface area contributed by atoms with Gasteiger partial charge in [0.15, 0.2) is 5.58 Å². The zero-order valence-electron chi connectivity index (χ0n) is 10.0. The number of H-pyrrole nitrogens is 1.